The number of pyridine rings is 1. The first-order chi connectivity index (χ1) is 14.0. The fraction of sp³-hybridized carbons (Fsp3) is 0.136. The van der Waals surface area contributed by atoms with Crippen molar-refractivity contribution < 1.29 is 13.6 Å². The molecule has 0 bridgehead atoms. The quantitative estimate of drug-likeness (QED) is 0.521. The number of hydrogen-bond acceptors (Lipinski definition) is 3. The second-order valence-corrected chi connectivity index (χ2v) is 6.72. The van der Waals surface area contributed by atoms with E-state index in [1.54, 1.807) is 12.1 Å². The van der Waals surface area contributed by atoms with E-state index in [1.807, 2.05) is 49.4 Å². The SMILES string of the molecule is CC(NC(=O)c1cc(-c2cnn(C(F)F)c2)ccn1)c1ccc2ccccc2c1. The fourth-order valence-corrected chi connectivity index (χ4v) is 3.16. The van der Waals surface area contributed by atoms with Crippen molar-refractivity contribution in [2.45, 2.75) is 19.5 Å². The van der Waals surface area contributed by atoms with Crippen molar-refractivity contribution in [3.8, 4) is 11.1 Å². The third-order valence-electron chi connectivity index (χ3n) is 4.75. The van der Waals surface area contributed by atoms with E-state index in [1.165, 1.54) is 18.6 Å². The molecule has 2 aromatic heterocycles. The average Bonchev–Trinajstić information content (AvgIpc) is 3.24. The molecule has 1 N–H and O–H groups in total. The molecule has 1 amide bonds. The standard InChI is InChI=1S/C22H18F2N4O/c1-14(16-7-6-15-4-2-3-5-17(15)10-16)27-21(29)20-11-18(8-9-25-20)19-12-26-28(13-19)22(23)24/h2-14,22H,1H3,(H,27,29). The number of carbonyl (C=O) groups excluding carboxylic acids is 1. The number of benzene rings is 2. The number of aromatic nitrogens is 3. The van der Waals surface area contributed by atoms with Gasteiger partial charge < -0.3 is 5.32 Å². The van der Waals surface area contributed by atoms with Crippen molar-refractivity contribution in [3.05, 3.63) is 84.4 Å². The molecule has 2 aromatic carbocycles. The van der Waals surface area contributed by atoms with Crippen LogP contribution >= 0.6 is 0 Å². The molecule has 7 heteroatoms. The number of carbonyl (C=O) groups is 1. The summed E-state index contributed by atoms with van der Waals surface area (Å²) in [5, 5.41) is 8.79. The predicted molar refractivity (Wildman–Crippen MR) is 107 cm³/mol. The van der Waals surface area contributed by atoms with Crippen LogP contribution in [0.5, 0.6) is 0 Å². The summed E-state index contributed by atoms with van der Waals surface area (Å²) >= 11 is 0. The van der Waals surface area contributed by atoms with Crippen LogP contribution in [0.25, 0.3) is 21.9 Å². The van der Waals surface area contributed by atoms with Gasteiger partial charge >= 0.3 is 6.55 Å². The highest BCUT2D eigenvalue weighted by Gasteiger charge is 2.15. The van der Waals surface area contributed by atoms with Gasteiger partial charge in [0.2, 0.25) is 0 Å². The van der Waals surface area contributed by atoms with E-state index in [4.69, 9.17) is 0 Å². The van der Waals surface area contributed by atoms with Crippen molar-refractivity contribution in [2.24, 2.45) is 0 Å². The second kappa shape index (κ2) is 7.79. The minimum atomic E-state index is -2.71. The summed E-state index contributed by atoms with van der Waals surface area (Å²) in [6, 6.07) is 17.1. The van der Waals surface area contributed by atoms with E-state index < -0.39 is 6.55 Å². The van der Waals surface area contributed by atoms with Gasteiger partial charge in [-0.25, -0.2) is 4.68 Å². The van der Waals surface area contributed by atoms with Crippen molar-refractivity contribution >= 4 is 16.7 Å². The summed E-state index contributed by atoms with van der Waals surface area (Å²) in [7, 11) is 0. The molecule has 1 unspecified atom stereocenters. The van der Waals surface area contributed by atoms with Gasteiger partial charge in [0.25, 0.3) is 5.91 Å². The number of amides is 1. The van der Waals surface area contributed by atoms with E-state index in [0.717, 1.165) is 16.3 Å². The minimum Gasteiger partial charge on any atom is -0.344 e. The van der Waals surface area contributed by atoms with Crippen LogP contribution in [-0.4, -0.2) is 20.7 Å². The van der Waals surface area contributed by atoms with Gasteiger partial charge in [0, 0.05) is 18.0 Å². The molecule has 0 aliphatic heterocycles. The molecule has 0 saturated heterocycles. The fourth-order valence-electron chi connectivity index (χ4n) is 3.16. The summed E-state index contributed by atoms with van der Waals surface area (Å²) in [4.78, 5) is 16.8. The van der Waals surface area contributed by atoms with Gasteiger partial charge in [-0.15, -0.1) is 0 Å². The molecule has 0 radical (unpaired) electrons. The maximum atomic E-state index is 12.7. The third-order valence-corrected chi connectivity index (χ3v) is 4.75. The second-order valence-electron chi connectivity index (χ2n) is 6.72. The van der Waals surface area contributed by atoms with Crippen LogP contribution in [0.2, 0.25) is 0 Å². The molecule has 2 heterocycles. The summed E-state index contributed by atoms with van der Waals surface area (Å²) in [5.41, 5.74) is 2.27. The normalized spacial score (nSPS) is 12.3. The number of hydrogen-bond donors (Lipinski definition) is 1. The number of nitrogens with zero attached hydrogens (tertiary/aromatic N) is 3. The largest absolute Gasteiger partial charge is 0.344 e. The maximum absolute atomic E-state index is 12.7. The lowest BCUT2D eigenvalue weighted by atomic mass is 10.0. The Hall–Kier alpha value is -3.61. The zero-order valence-electron chi connectivity index (χ0n) is 15.6. The van der Waals surface area contributed by atoms with Crippen LogP contribution in [0.15, 0.2) is 73.2 Å². The molecule has 0 saturated carbocycles. The van der Waals surface area contributed by atoms with Crippen molar-refractivity contribution in [1.29, 1.82) is 0 Å². The Balaban J connectivity index is 1.52. The van der Waals surface area contributed by atoms with Crippen LogP contribution in [0.4, 0.5) is 8.78 Å². The molecule has 0 fully saturated rings. The average molecular weight is 392 g/mol. The summed E-state index contributed by atoms with van der Waals surface area (Å²) in [5.74, 6) is -0.339. The summed E-state index contributed by atoms with van der Waals surface area (Å²) < 4.78 is 26.0. The number of nitrogens with one attached hydrogen (secondary N) is 1. The van der Waals surface area contributed by atoms with Gasteiger partial charge in [0.05, 0.1) is 12.2 Å². The number of alkyl halides is 2. The molecule has 5 nitrogen and oxygen atoms in total. The zero-order valence-corrected chi connectivity index (χ0v) is 15.6. The lowest BCUT2D eigenvalue weighted by molar-refractivity contribution is 0.0566. The molecule has 146 valence electrons. The minimum absolute atomic E-state index is 0.208. The van der Waals surface area contributed by atoms with Gasteiger partial charge in [-0.2, -0.15) is 13.9 Å². The Bertz CT molecular complexity index is 1170. The highest BCUT2D eigenvalue weighted by atomic mass is 19.3. The number of halogens is 2. The first-order valence-electron chi connectivity index (χ1n) is 9.09. The Kier molecular flexibility index (Phi) is 5.03. The molecule has 4 rings (SSSR count). The molecule has 0 aliphatic carbocycles. The molecule has 4 aromatic rings. The van der Waals surface area contributed by atoms with E-state index >= 15 is 0 Å². The van der Waals surface area contributed by atoms with Crippen molar-refractivity contribution in [1.82, 2.24) is 20.1 Å². The first kappa shape index (κ1) is 18.7. The highest BCUT2D eigenvalue weighted by molar-refractivity contribution is 5.93. The number of rotatable bonds is 5. The summed E-state index contributed by atoms with van der Waals surface area (Å²) in [6.45, 7) is -0.811. The lowest BCUT2D eigenvalue weighted by Crippen LogP contribution is -2.27. The maximum Gasteiger partial charge on any atom is 0.333 e. The first-order valence-corrected chi connectivity index (χ1v) is 9.09. The van der Waals surface area contributed by atoms with Crippen LogP contribution in [-0.2, 0) is 0 Å². The Morgan fingerprint density at radius 3 is 2.59 bits per heavy atom. The highest BCUT2D eigenvalue weighted by Crippen LogP contribution is 2.23. The van der Waals surface area contributed by atoms with Gasteiger partial charge in [0.15, 0.2) is 0 Å². The van der Waals surface area contributed by atoms with E-state index in [9.17, 15) is 13.6 Å². The molecule has 0 aliphatic rings. The van der Waals surface area contributed by atoms with E-state index in [-0.39, 0.29) is 17.6 Å². The zero-order chi connectivity index (χ0) is 20.4. The van der Waals surface area contributed by atoms with Crippen LogP contribution in [0, 0.1) is 0 Å². The van der Waals surface area contributed by atoms with Crippen molar-refractivity contribution in [2.75, 3.05) is 0 Å². The monoisotopic (exact) mass is 392 g/mol. The molecular weight excluding hydrogens is 374 g/mol. The van der Waals surface area contributed by atoms with Crippen LogP contribution < -0.4 is 5.32 Å². The van der Waals surface area contributed by atoms with Gasteiger partial charge in [0.1, 0.15) is 5.69 Å². The van der Waals surface area contributed by atoms with Crippen molar-refractivity contribution in [3.63, 3.8) is 0 Å². The Morgan fingerprint density at radius 1 is 1.03 bits per heavy atom. The topological polar surface area (TPSA) is 59.8 Å². The van der Waals surface area contributed by atoms with Gasteiger partial charge in [-0.3, -0.25) is 9.78 Å². The summed E-state index contributed by atoms with van der Waals surface area (Å²) in [6.07, 6.45) is 4.05. The Morgan fingerprint density at radius 2 is 1.83 bits per heavy atom. The molecule has 29 heavy (non-hydrogen) atoms. The molecule has 0 spiro atoms. The number of fused-ring (bicyclic) bond motifs is 1. The predicted octanol–water partition coefficient (Wildman–Crippen LogP) is 4.98. The van der Waals surface area contributed by atoms with Crippen LogP contribution in [0.1, 0.15) is 35.6 Å². The van der Waals surface area contributed by atoms with Crippen LogP contribution in [0.3, 0.4) is 0 Å². The third kappa shape index (κ3) is 3.99. The smallest absolute Gasteiger partial charge is 0.333 e. The van der Waals surface area contributed by atoms with Gasteiger partial charge in [-0.05, 0) is 47.0 Å². The van der Waals surface area contributed by atoms with E-state index in [0.29, 0.717) is 15.8 Å². The molecule has 1 atom stereocenters. The van der Waals surface area contributed by atoms with E-state index in [2.05, 4.69) is 15.4 Å². The molecular formula is C22H18F2N4O. The lowest BCUT2D eigenvalue weighted by Gasteiger charge is -2.15. The van der Waals surface area contributed by atoms with Gasteiger partial charge in [-0.1, -0.05) is 36.4 Å². The Labute approximate surface area is 166 Å².